The molecule has 2 N–H and O–H groups in total. The Morgan fingerprint density at radius 3 is 2.52 bits per heavy atom. The van der Waals surface area contributed by atoms with E-state index in [1.54, 1.807) is 12.1 Å². The second-order valence-corrected chi connectivity index (χ2v) is 4.95. The van der Waals surface area contributed by atoms with Gasteiger partial charge in [0.1, 0.15) is 5.69 Å². The third-order valence-corrected chi connectivity index (χ3v) is 3.17. The number of halogens is 1. The van der Waals surface area contributed by atoms with Crippen molar-refractivity contribution in [3.8, 4) is 0 Å². The molecule has 2 aromatic rings. The number of nitro groups is 1. The molecule has 0 bridgehead atoms. The Morgan fingerprint density at radius 2 is 1.91 bits per heavy atom. The number of anilines is 2. The Hall–Kier alpha value is -2.96. The van der Waals surface area contributed by atoms with E-state index in [0.29, 0.717) is 18.7 Å². The van der Waals surface area contributed by atoms with Crippen LogP contribution in [0.4, 0.5) is 21.5 Å². The molecular formula is C16H16FN3O3. The maximum absolute atomic E-state index is 13.5. The van der Waals surface area contributed by atoms with Crippen molar-refractivity contribution in [1.82, 2.24) is 0 Å². The molecule has 0 unspecified atom stereocenters. The molecule has 0 aliphatic heterocycles. The lowest BCUT2D eigenvalue weighted by Gasteiger charge is -2.08. The minimum Gasteiger partial charge on any atom is -0.379 e. The predicted octanol–water partition coefficient (Wildman–Crippen LogP) is 3.35. The molecule has 1 amide bonds. The number of nitrogens with zero attached hydrogens (tertiary/aromatic N) is 1. The van der Waals surface area contributed by atoms with E-state index in [2.05, 4.69) is 10.6 Å². The molecule has 0 radical (unpaired) electrons. The molecule has 0 fully saturated rings. The van der Waals surface area contributed by atoms with Crippen LogP contribution >= 0.6 is 0 Å². The van der Waals surface area contributed by atoms with Crippen molar-refractivity contribution in [2.24, 2.45) is 0 Å². The molecule has 0 aliphatic carbocycles. The van der Waals surface area contributed by atoms with Crippen LogP contribution in [0, 0.1) is 15.9 Å². The lowest BCUT2D eigenvalue weighted by molar-refractivity contribution is -0.386. The van der Waals surface area contributed by atoms with E-state index >= 15 is 0 Å². The summed E-state index contributed by atoms with van der Waals surface area (Å²) in [7, 11) is 0. The number of rotatable bonds is 6. The molecule has 7 heteroatoms. The highest BCUT2D eigenvalue weighted by Gasteiger charge is 2.19. The zero-order valence-corrected chi connectivity index (χ0v) is 12.5. The van der Waals surface area contributed by atoms with Crippen LogP contribution in [-0.2, 0) is 11.2 Å². The first-order chi connectivity index (χ1) is 11.0. The second kappa shape index (κ2) is 7.35. The van der Waals surface area contributed by atoms with E-state index in [4.69, 9.17) is 0 Å². The molecule has 0 spiro atoms. The first-order valence-corrected chi connectivity index (χ1v) is 7.00. The number of carbonyl (C=O) groups is 1. The minimum absolute atomic E-state index is 0.141. The molecule has 0 aliphatic rings. The summed E-state index contributed by atoms with van der Waals surface area (Å²) in [5.41, 5.74) is 1.30. The van der Waals surface area contributed by atoms with Gasteiger partial charge in [-0.25, -0.2) is 0 Å². The molecule has 0 atom stereocenters. The van der Waals surface area contributed by atoms with Gasteiger partial charge in [-0.15, -0.1) is 0 Å². The van der Waals surface area contributed by atoms with Gasteiger partial charge in [0.15, 0.2) is 0 Å². The highest BCUT2D eigenvalue weighted by Crippen LogP contribution is 2.27. The van der Waals surface area contributed by atoms with Gasteiger partial charge in [-0.1, -0.05) is 18.2 Å². The first-order valence-electron chi connectivity index (χ1n) is 7.00. The Morgan fingerprint density at radius 1 is 1.22 bits per heavy atom. The van der Waals surface area contributed by atoms with Gasteiger partial charge in [0, 0.05) is 19.2 Å². The van der Waals surface area contributed by atoms with Gasteiger partial charge >= 0.3 is 5.69 Å². The van der Waals surface area contributed by atoms with Crippen LogP contribution in [0.15, 0.2) is 42.5 Å². The molecule has 0 saturated carbocycles. The van der Waals surface area contributed by atoms with Crippen LogP contribution < -0.4 is 10.6 Å². The van der Waals surface area contributed by atoms with Gasteiger partial charge in [-0.3, -0.25) is 14.9 Å². The molecule has 23 heavy (non-hydrogen) atoms. The smallest absolute Gasteiger partial charge is 0.327 e. The van der Waals surface area contributed by atoms with Crippen LogP contribution in [0.3, 0.4) is 0 Å². The lowest BCUT2D eigenvalue weighted by atomic mass is 10.1. The number of hydrogen-bond donors (Lipinski definition) is 2. The average Bonchev–Trinajstić information content (AvgIpc) is 2.48. The molecule has 2 aromatic carbocycles. The number of nitro benzene ring substituents is 1. The lowest BCUT2D eigenvalue weighted by Crippen LogP contribution is -2.08. The largest absolute Gasteiger partial charge is 0.379 e. The average molecular weight is 317 g/mol. The van der Waals surface area contributed by atoms with Gasteiger partial charge in [0.05, 0.1) is 4.92 Å². The van der Waals surface area contributed by atoms with Crippen molar-refractivity contribution in [2.45, 2.75) is 13.3 Å². The summed E-state index contributed by atoms with van der Waals surface area (Å²) in [4.78, 5) is 21.1. The van der Waals surface area contributed by atoms with Crippen molar-refractivity contribution in [3.05, 3.63) is 64.0 Å². The number of benzene rings is 2. The number of nitrogens with one attached hydrogen (secondary N) is 2. The summed E-state index contributed by atoms with van der Waals surface area (Å²) in [6.07, 6.45) is 0.605. The van der Waals surface area contributed by atoms with Gasteiger partial charge in [-0.05, 0) is 36.2 Å². The van der Waals surface area contributed by atoms with Gasteiger partial charge in [-0.2, -0.15) is 4.39 Å². The highest BCUT2D eigenvalue weighted by atomic mass is 19.1. The topological polar surface area (TPSA) is 84.3 Å². The third kappa shape index (κ3) is 4.50. The maximum Gasteiger partial charge on any atom is 0.327 e. The van der Waals surface area contributed by atoms with Crippen LogP contribution in [0.25, 0.3) is 0 Å². The number of carbonyl (C=O) groups excluding carboxylic acids is 1. The van der Waals surface area contributed by atoms with Gasteiger partial charge in [0.2, 0.25) is 11.7 Å². The van der Waals surface area contributed by atoms with Gasteiger partial charge < -0.3 is 10.6 Å². The second-order valence-electron chi connectivity index (χ2n) is 4.95. The van der Waals surface area contributed by atoms with Crippen molar-refractivity contribution in [1.29, 1.82) is 0 Å². The Bertz CT molecular complexity index is 717. The van der Waals surface area contributed by atoms with Crippen molar-refractivity contribution < 1.29 is 14.1 Å². The zero-order valence-electron chi connectivity index (χ0n) is 12.5. The van der Waals surface area contributed by atoms with E-state index in [0.717, 1.165) is 11.6 Å². The quantitative estimate of drug-likeness (QED) is 0.632. The van der Waals surface area contributed by atoms with E-state index in [1.807, 2.05) is 12.1 Å². The monoisotopic (exact) mass is 317 g/mol. The minimum atomic E-state index is -0.861. The molecule has 2 rings (SSSR count). The van der Waals surface area contributed by atoms with E-state index in [9.17, 15) is 19.3 Å². The summed E-state index contributed by atoms with van der Waals surface area (Å²) >= 11 is 0. The molecule has 0 saturated heterocycles. The van der Waals surface area contributed by atoms with Crippen LogP contribution in [0.5, 0.6) is 0 Å². The zero-order chi connectivity index (χ0) is 16.8. The molecule has 6 nitrogen and oxygen atoms in total. The predicted molar refractivity (Wildman–Crippen MR) is 86.0 cm³/mol. The fourth-order valence-electron chi connectivity index (χ4n) is 2.14. The standard InChI is InChI=1S/C16H16FN3O3/c1-11(21)19-13-7-5-12(6-8-13)9-10-18-15-4-2-3-14(17)16(15)20(22)23/h2-8,18H,9-10H2,1H3,(H,19,21). The van der Waals surface area contributed by atoms with Crippen molar-refractivity contribution >= 4 is 23.0 Å². The molecule has 0 heterocycles. The summed E-state index contributed by atoms with van der Waals surface area (Å²) < 4.78 is 13.5. The van der Waals surface area contributed by atoms with Crippen LogP contribution in [0.1, 0.15) is 12.5 Å². The van der Waals surface area contributed by atoms with E-state index in [1.165, 1.54) is 19.1 Å². The fraction of sp³-hybridized carbons (Fsp3) is 0.188. The van der Waals surface area contributed by atoms with E-state index in [-0.39, 0.29) is 11.6 Å². The molecule has 120 valence electrons. The number of hydrogen-bond acceptors (Lipinski definition) is 4. The van der Waals surface area contributed by atoms with Crippen LogP contribution in [-0.4, -0.2) is 17.4 Å². The number of amides is 1. The summed E-state index contributed by atoms with van der Waals surface area (Å²) in [5, 5.41) is 16.4. The van der Waals surface area contributed by atoms with Crippen molar-refractivity contribution in [2.75, 3.05) is 17.2 Å². The Kier molecular flexibility index (Phi) is 5.24. The SMILES string of the molecule is CC(=O)Nc1ccc(CCNc2cccc(F)c2[N+](=O)[O-])cc1. The summed E-state index contributed by atoms with van der Waals surface area (Å²) in [6.45, 7) is 1.85. The fourth-order valence-corrected chi connectivity index (χ4v) is 2.14. The van der Waals surface area contributed by atoms with E-state index < -0.39 is 16.4 Å². The Labute approximate surface area is 132 Å². The maximum atomic E-state index is 13.5. The normalized spacial score (nSPS) is 10.2. The first kappa shape index (κ1) is 16.4. The molecular weight excluding hydrogens is 301 g/mol. The van der Waals surface area contributed by atoms with Gasteiger partial charge in [0.25, 0.3) is 0 Å². The highest BCUT2D eigenvalue weighted by molar-refractivity contribution is 5.88. The third-order valence-electron chi connectivity index (χ3n) is 3.17. The number of para-hydroxylation sites is 1. The summed E-state index contributed by atoms with van der Waals surface area (Å²) in [5.74, 6) is -1.00. The Balaban J connectivity index is 1.96. The molecule has 0 aromatic heterocycles. The van der Waals surface area contributed by atoms with Crippen LogP contribution in [0.2, 0.25) is 0 Å². The van der Waals surface area contributed by atoms with Crippen molar-refractivity contribution in [3.63, 3.8) is 0 Å². The summed E-state index contributed by atoms with van der Waals surface area (Å²) in [6, 6.07) is 11.2.